The van der Waals surface area contributed by atoms with Gasteiger partial charge in [0.05, 0.1) is 12.6 Å². The van der Waals surface area contributed by atoms with Gasteiger partial charge in [0.15, 0.2) is 6.10 Å². The van der Waals surface area contributed by atoms with Crippen LogP contribution in [0.25, 0.3) is 0 Å². The van der Waals surface area contributed by atoms with Crippen molar-refractivity contribution >= 4 is 5.97 Å². The van der Waals surface area contributed by atoms with Gasteiger partial charge >= 0.3 is 5.97 Å². The predicted octanol–water partition coefficient (Wildman–Crippen LogP) is 6.27. The first-order chi connectivity index (χ1) is 18.9. The Kier molecular flexibility index (Phi) is 10.2. The van der Waals surface area contributed by atoms with Crippen molar-refractivity contribution in [3.8, 4) is 5.75 Å². The van der Waals surface area contributed by atoms with Gasteiger partial charge in [0.25, 0.3) is 0 Å². The topological polar surface area (TPSA) is 48.0 Å². The lowest BCUT2D eigenvalue weighted by Gasteiger charge is -2.31. The highest BCUT2D eigenvalue weighted by molar-refractivity contribution is 5.75. The van der Waals surface area contributed by atoms with Crippen LogP contribution in [0.5, 0.6) is 5.75 Å². The minimum atomic E-state index is -0.585. The van der Waals surface area contributed by atoms with E-state index in [1.165, 1.54) is 33.4 Å². The Morgan fingerprint density at radius 1 is 0.897 bits per heavy atom. The minimum absolute atomic E-state index is 0.203. The van der Waals surface area contributed by atoms with Crippen LogP contribution in [0.3, 0.4) is 0 Å². The third-order valence-corrected chi connectivity index (χ3v) is 7.59. The van der Waals surface area contributed by atoms with Crippen molar-refractivity contribution in [2.45, 2.75) is 65.5 Å². The number of hydrogen-bond acceptors (Lipinski definition) is 5. The van der Waals surface area contributed by atoms with Crippen molar-refractivity contribution in [1.29, 1.82) is 0 Å². The molecule has 0 fully saturated rings. The normalized spacial score (nSPS) is 15.3. The quantitative estimate of drug-likeness (QED) is 0.259. The van der Waals surface area contributed by atoms with Gasteiger partial charge in [-0.2, -0.15) is 0 Å². The van der Waals surface area contributed by atoms with Crippen LogP contribution in [0.1, 0.15) is 65.8 Å². The minimum Gasteiger partial charge on any atom is -0.492 e. The Morgan fingerprint density at radius 3 is 2.36 bits per heavy atom. The van der Waals surface area contributed by atoms with Gasteiger partial charge in [-0.1, -0.05) is 61.0 Å². The van der Waals surface area contributed by atoms with Crippen LogP contribution < -0.4 is 4.74 Å². The van der Waals surface area contributed by atoms with E-state index in [0.717, 1.165) is 37.1 Å². The summed E-state index contributed by atoms with van der Waals surface area (Å²) in [6.45, 7) is 10.3. The number of fused-ring (bicyclic) bond motifs is 2. The van der Waals surface area contributed by atoms with Crippen LogP contribution in [0.2, 0.25) is 0 Å². The van der Waals surface area contributed by atoms with E-state index in [1.54, 1.807) is 6.92 Å². The van der Waals surface area contributed by atoms with E-state index in [-0.39, 0.29) is 12.0 Å². The summed E-state index contributed by atoms with van der Waals surface area (Å²) < 4.78 is 16.9. The molecule has 1 aliphatic rings. The molecule has 3 aromatic carbocycles. The molecule has 4 rings (SSSR count). The van der Waals surface area contributed by atoms with Crippen LogP contribution in [-0.4, -0.2) is 50.4 Å². The molecule has 208 valence electrons. The maximum absolute atomic E-state index is 12.2. The maximum Gasteiger partial charge on any atom is 0.335 e. The second-order valence-corrected chi connectivity index (χ2v) is 10.4. The summed E-state index contributed by atoms with van der Waals surface area (Å²) in [5.74, 6) is 0.507. The number of rotatable bonds is 12. The van der Waals surface area contributed by atoms with Crippen molar-refractivity contribution in [2.24, 2.45) is 0 Å². The zero-order valence-corrected chi connectivity index (χ0v) is 24.2. The molecule has 5 nitrogen and oxygen atoms in total. The number of carbonyl (C=O) groups is 1. The number of likely N-dealkylation sites (N-methyl/N-ethyl adjacent to an activating group) is 1. The Balaban J connectivity index is 1.44. The van der Waals surface area contributed by atoms with Gasteiger partial charge in [-0.25, -0.2) is 4.79 Å². The molecule has 0 radical (unpaired) electrons. The number of benzene rings is 3. The molecule has 3 aromatic rings. The smallest absolute Gasteiger partial charge is 0.335 e. The van der Waals surface area contributed by atoms with E-state index in [9.17, 15) is 4.79 Å². The van der Waals surface area contributed by atoms with E-state index in [0.29, 0.717) is 26.2 Å². The molecule has 5 heteroatoms. The van der Waals surface area contributed by atoms with Gasteiger partial charge < -0.3 is 14.2 Å². The fourth-order valence-corrected chi connectivity index (χ4v) is 5.50. The number of esters is 1. The molecule has 0 aromatic heterocycles. The molecule has 0 saturated heterocycles. The summed E-state index contributed by atoms with van der Waals surface area (Å²) >= 11 is 0. The lowest BCUT2D eigenvalue weighted by Crippen LogP contribution is -2.30. The molecule has 2 unspecified atom stereocenters. The van der Waals surface area contributed by atoms with Crippen molar-refractivity contribution in [3.05, 3.63) is 99.6 Å². The van der Waals surface area contributed by atoms with Gasteiger partial charge in [0.1, 0.15) is 12.4 Å². The fraction of sp³-hybridized carbons (Fsp3) is 0.441. The van der Waals surface area contributed by atoms with Crippen LogP contribution in [0.15, 0.2) is 60.7 Å². The molecule has 2 atom stereocenters. The summed E-state index contributed by atoms with van der Waals surface area (Å²) in [6, 6.07) is 22.1. The first-order valence-corrected chi connectivity index (χ1v) is 14.3. The highest BCUT2D eigenvalue weighted by Crippen LogP contribution is 2.37. The molecule has 0 N–H and O–H groups in total. The van der Waals surface area contributed by atoms with Crippen molar-refractivity contribution in [2.75, 3.05) is 33.4 Å². The first kappa shape index (κ1) is 28.8. The van der Waals surface area contributed by atoms with E-state index >= 15 is 0 Å². The van der Waals surface area contributed by atoms with Crippen LogP contribution in [0.4, 0.5) is 0 Å². The molecule has 0 aliphatic heterocycles. The van der Waals surface area contributed by atoms with Crippen LogP contribution in [-0.2, 0) is 40.0 Å². The molecule has 0 spiro atoms. The van der Waals surface area contributed by atoms with Crippen molar-refractivity contribution in [1.82, 2.24) is 4.90 Å². The molecular weight excluding hydrogens is 486 g/mol. The Hall–Kier alpha value is -3.15. The van der Waals surface area contributed by atoms with E-state index in [2.05, 4.69) is 62.2 Å². The van der Waals surface area contributed by atoms with Crippen molar-refractivity contribution < 1.29 is 19.0 Å². The Labute approximate surface area is 234 Å². The van der Waals surface area contributed by atoms with Gasteiger partial charge in [-0.05, 0) is 92.6 Å². The molecule has 0 bridgehead atoms. The molecule has 0 saturated carbocycles. The molecule has 0 heterocycles. The SMILES string of the molecule is CCOC(=O)C(Cc1ccc(OCCN(C)C2c3ccc(C)cc3CCc3ccc(CC)cc32)cc1)OCC. The third kappa shape index (κ3) is 7.28. The van der Waals surface area contributed by atoms with E-state index < -0.39 is 6.10 Å². The second kappa shape index (κ2) is 13.8. The molecule has 1 aliphatic carbocycles. The van der Waals surface area contributed by atoms with Crippen LogP contribution >= 0.6 is 0 Å². The average molecular weight is 530 g/mol. The first-order valence-electron chi connectivity index (χ1n) is 14.3. The summed E-state index contributed by atoms with van der Waals surface area (Å²) in [5, 5.41) is 0. The summed E-state index contributed by atoms with van der Waals surface area (Å²) in [4.78, 5) is 14.6. The summed E-state index contributed by atoms with van der Waals surface area (Å²) in [6.07, 6.45) is 3.08. The largest absolute Gasteiger partial charge is 0.492 e. The summed E-state index contributed by atoms with van der Waals surface area (Å²) in [7, 11) is 2.21. The average Bonchev–Trinajstić information content (AvgIpc) is 3.09. The highest BCUT2D eigenvalue weighted by Gasteiger charge is 2.27. The zero-order chi connectivity index (χ0) is 27.8. The number of ether oxygens (including phenoxy) is 3. The third-order valence-electron chi connectivity index (χ3n) is 7.59. The highest BCUT2D eigenvalue weighted by atomic mass is 16.6. The van der Waals surface area contributed by atoms with Crippen LogP contribution in [0, 0.1) is 6.92 Å². The van der Waals surface area contributed by atoms with E-state index in [1.807, 2.05) is 31.2 Å². The Bertz CT molecular complexity index is 1240. The number of nitrogens with zero attached hydrogens (tertiary/aromatic N) is 1. The predicted molar refractivity (Wildman–Crippen MR) is 157 cm³/mol. The zero-order valence-electron chi connectivity index (χ0n) is 24.2. The lowest BCUT2D eigenvalue weighted by atomic mass is 9.91. The number of carbonyl (C=O) groups excluding carboxylic acids is 1. The molecule has 39 heavy (non-hydrogen) atoms. The Morgan fingerprint density at radius 2 is 1.64 bits per heavy atom. The van der Waals surface area contributed by atoms with Gasteiger partial charge in [0, 0.05) is 19.6 Å². The number of aryl methyl sites for hydroxylation is 4. The van der Waals surface area contributed by atoms with Crippen molar-refractivity contribution in [3.63, 3.8) is 0 Å². The molecular formula is C34H43NO4. The second-order valence-electron chi connectivity index (χ2n) is 10.4. The standard InChI is InChI=1S/C34H43NO4/c1-6-25-10-13-27-14-15-28-21-24(4)9-18-30(28)33(31(27)22-25)35(5)19-20-39-29-16-11-26(12-17-29)23-32(37-7-2)34(36)38-8-3/h9-13,16-18,21-22,32-33H,6-8,14-15,19-20,23H2,1-5H3. The van der Waals surface area contributed by atoms with Gasteiger partial charge in [-0.3, -0.25) is 4.90 Å². The van der Waals surface area contributed by atoms with E-state index in [4.69, 9.17) is 14.2 Å². The maximum atomic E-state index is 12.2. The summed E-state index contributed by atoms with van der Waals surface area (Å²) in [5.41, 5.74) is 9.44. The fourth-order valence-electron chi connectivity index (χ4n) is 5.50. The van der Waals surface area contributed by atoms with Gasteiger partial charge in [0.2, 0.25) is 0 Å². The lowest BCUT2D eigenvalue weighted by molar-refractivity contribution is -0.156. The monoisotopic (exact) mass is 529 g/mol. The van der Waals surface area contributed by atoms with Gasteiger partial charge in [-0.15, -0.1) is 0 Å². The number of hydrogen-bond donors (Lipinski definition) is 0. The molecule has 0 amide bonds.